The summed E-state index contributed by atoms with van der Waals surface area (Å²) in [7, 11) is 1.34. The van der Waals surface area contributed by atoms with E-state index < -0.39 is 17.9 Å². The predicted octanol–water partition coefficient (Wildman–Crippen LogP) is 2.18. The summed E-state index contributed by atoms with van der Waals surface area (Å²) in [6.45, 7) is 1.59. The number of carbonyl (C=O) groups is 2. The number of hydrogen-bond acceptors (Lipinski definition) is 3. The number of carbonyl (C=O) groups excluding carboxylic acids is 2. The third-order valence-electron chi connectivity index (χ3n) is 4.04. The first-order valence-corrected chi connectivity index (χ1v) is 7.54. The van der Waals surface area contributed by atoms with Crippen LogP contribution in [0.4, 0.5) is 0 Å². The lowest BCUT2D eigenvalue weighted by molar-refractivity contribution is -0.144. The molecule has 1 aliphatic carbocycles. The lowest BCUT2D eigenvalue weighted by Gasteiger charge is -2.28. The minimum atomic E-state index is -0.658. The zero-order valence-corrected chi connectivity index (χ0v) is 13.0. The van der Waals surface area contributed by atoms with Crippen molar-refractivity contribution in [1.82, 2.24) is 5.32 Å². The van der Waals surface area contributed by atoms with Crippen LogP contribution in [0.5, 0.6) is 0 Å². The van der Waals surface area contributed by atoms with Crippen molar-refractivity contribution in [2.24, 2.45) is 0 Å². The molecule has 0 aliphatic heterocycles. The van der Waals surface area contributed by atoms with Crippen LogP contribution in [0.1, 0.15) is 43.2 Å². The Morgan fingerprint density at radius 3 is 2.91 bits per heavy atom. The molecule has 1 aromatic rings. The van der Waals surface area contributed by atoms with Gasteiger partial charge in [-0.2, -0.15) is 0 Å². The largest absolute Gasteiger partial charge is 0.467 e. The first-order chi connectivity index (χ1) is 10.7. The Morgan fingerprint density at radius 1 is 1.41 bits per heavy atom. The zero-order chi connectivity index (χ0) is 15.9. The van der Waals surface area contributed by atoms with Gasteiger partial charge in [-0.25, -0.2) is 4.79 Å². The molecule has 2 atom stereocenters. The summed E-state index contributed by atoms with van der Waals surface area (Å²) in [5, 5.41) is 2.66. The molecule has 2 rings (SSSR count). The van der Waals surface area contributed by atoms with Gasteiger partial charge < -0.3 is 10.1 Å². The van der Waals surface area contributed by atoms with Gasteiger partial charge in [0.15, 0.2) is 0 Å². The molecule has 22 heavy (non-hydrogen) atoms. The molecule has 0 fully saturated rings. The minimum Gasteiger partial charge on any atom is -0.467 e. The van der Waals surface area contributed by atoms with E-state index in [9.17, 15) is 9.59 Å². The lowest BCUT2D eigenvalue weighted by Crippen LogP contribution is -2.42. The van der Waals surface area contributed by atoms with Gasteiger partial charge in [0, 0.05) is 0 Å². The van der Waals surface area contributed by atoms with E-state index >= 15 is 0 Å². The van der Waals surface area contributed by atoms with E-state index in [0.717, 1.165) is 19.3 Å². The van der Waals surface area contributed by atoms with E-state index in [1.807, 2.05) is 12.1 Å². The van der Waals surface area contributed by atoms with E-state index in [0.29, 0.717) is 6.42 Å². The standard InChI is InChI=1S/C18H21NO3/c1-3-7-17(20)19-16(18(21)22-2)12-14-10-6-9-13-8-4-5-11-15(13)14/h4-5,8,11,14,16H,6,9-10,12H2,1-2H3,(H,19,20)/t14-,16-/m1/s1. The average molecular weight is 299 g/mol. The second kappa shape index (κ2) is 7.65. The predicted molar refractivity (Wildman–Crippen MR) is 84.1 cm³/mol. The van der Waals surface area contributed by atoms with Crippen molar-refractivity contribution in [1.29, 1.82) is 0 Å². The van der Waals surface area contributed by atoms with E-state index in [-0.39, 0.29) is 5.92 Å². The maximum Gasteiger partial charge on any atom is 0.328 e. The Hall–Kier alpha value is -2.28. The Morgan fingerprint density at radius 2 is 2.18 bits per heavy atom. The number of rotatable bonds is 4. The Labute approximate surface area is 131 Å². The zero-order valence-electron chi connectivity index (χ0n) is 13.0. The normalized spacial score (nSPS) is 17.5. The fourth-order valence-corrected chi connectivity index (χ4v) is 3.05. The number of benzene rings is 1. The third kappa shape index (κ3) is 3.88. The second-order valence-corrected chi connectivity index (χ2v) is 5.45. The van der Waals surface area contributed by atoms with Crippen molar-refractivity contribution in [3.05, 3.63) is 35.4 Å². The molecule has 1 aliphatic rings. The molecule has 0 saturated carbocycles. The van der Waals surface area contributed by atoms with E-state index in [4.69, 9.17) is 4.74 Å². The van der Waals surface area contributed by atoms with Crippen molar-refractivity contribution >= 4 is 11.9 Å². The van der Waals surface area contributed by atoms with Crippen molar-refractivity contribution in [2.75, 3.05) is 7.11 Å². The number of hydrogen-bond donors (Lipinski definition) is 1. The van der Waals surface area contributed by atoms with Gasteiger partial charge in [-0.15, -0.1) is 0 Å². The number of ether oxygens (including phenoxy) is 1. The SMILES string of the molecule is CC#CC(=O)N[C@H](C[C@H]1CCCc2ccccc21)C(=O)OC. The highest BCUT2D eigenvalue weighted by atomic mass is 16.5. The van der Waals surface area contributed by atoms with Crippen molar-refractivity contribution in [3.8, 4) is 11.8 Å². The van der Waals surface area contributed by atoms with Gasteiger partial charge in [-0.1, -0.05) is 30.2 Å². The van der Waals surface area contributed by atoms with E-state index in [2.05, 4.69) is 29.3 Å². The Balaban J connectivity index is 2.15. The maximum atomic E-state index is 12.0. The van der Waals surface area contributed by atoms with Gasteiger partial charge in [0.25, 0.3) is 5.91 Å². The van der Waals surface area contributed by atoms with Crippen molar-refractivity contribution in [2.45, 2.75) is 44.6 Å². The van der Waals surface area contributed by atoms with Crippen LogP contribution in [0.2, 0.25) is 0 Å². The molecule has 116 valence electrons. The van der Waals surface area contributed by atoms with Crippen LogP contribution in [0, 0.1) is 11.8 Å². The molecule has 0 spiro atoms. The summed E-state index contributed by atoms with van der Waals surface area (Å²) in [5.74, 6) is 4.33. The minimum absolute atomic E-state index is 0.254. The molecular formula is C18H21NO3. The maximum absolute atomic E-state index is 12.0. The van der Waals surface area contributed by atoms with Crippen LogP contribution in [-0.4, -0.2) is 25.0 Å². The number of esters is 1. The summed E-state index contributed by atoms with van der Waals surface area (Å²) in [4.78, 5) is 23.6. The quantitative estimate of drug-likeness (QED) is 0.685. The lowest BCUT2D eigenvalue weighted by atomic mass is 9.79. The highest BCUT2D eigenvalue weighted by molar-refractivity contribution is 5.96. The molecular weight excluding hydrogens is 278 g/mol. The van der Waals surface area contributed by atoms with Crippen LogP contribution in [0.25, 0.3) is 0 Å². The van der Waals surface area contributed by atoms with Crippen LogP contribution in [0.3, 0.4) is 0 Å². The Kier molecular flexibility index (Phi) is 5.60. The van der Waals surface area contributed by atoms with Crippen LogP contribution >= 0.6 is 0 Å². The summed E-state index contributed by atoms with van der Waals surface area (Å²) >= 11 is 0. The molecule has 4 nitrogen and oxygen atoms in total. The van der Waals surface area contributed by atoms with Gasteiger partial charge in [0.2, 0.25) is 0 Å². The van der Waals surface area contributed by atoms with Gasteiger partial charge in [0.05, 0.1) is 7.11 Å². The number of nitrogens with one attached hydrogen (secondary N) is 1. The highest BCUT2D eigenvalue weighted by Gasteiger charge is 2.28. The smallest absolute Gasteiger partial charge is 0.328 e. The first-order valence-electron chi connectivity index (χ1n) is 7.54. The number of methoxy groups -OCH3 is 1. The molecule has 0 saturated heterocycles. The van der Waals surface area contributed by atoms with Crippen molar-refractivity contribution in [3.63, 3.8) is 0 Å². The number of amides is 1. The number of aryl methyl sites for hydroxylation is 1. The third-order valence-corrected chi connectivity index (χ3v) is 4.04. The molecule has 4 heteroatoms. The Bertz CT molecular complexity index is 612. The number of fused-ring (bicyclic) bond motifs is 1. The van der Waals surface area contributed by atoms with Gasteiger partial charge in [-0.3, -0.25) is 4.79 Å². The van der Waals surface area contributed by atoms with Crippen LogP contribution in [-0.2, 0) is 20.7 Å². The van der Waals surface area contributed by atoms with E-state index in [1.54, 1.807) is 6.92 Å². The molecule has 1 N–H and O–H groups in total. The van der Waals surface area contributed by atoms with E-state index in [1.165, 1.54) is 18.2 Å². The second-order valence-electron chi connectivity index (χ2n) is 5.45. The van der Waals surface area contributed by atoms with Crippen LogP contribution in [0.15, 0.2) is 24.3 Å². The topological polar surface area (TPSA) is 55.4 Å². The summed E-state index contributed by atoms with van der Waals surface area (Å²) in [6.07, 6.45) is 3.72. The molecule has 0 heterocycles. The summed E-state index contributed by atoms with van der Waals surface area (Å²) < 4.78 is 4.82. The molecule has 0 unspecified atom stereocenters. The fraction of sp³-hybridized carbons (Fsp3) is 0.444. The average Bonchev–Trinajstić information content (AvgIpc) is 2.54. The molecule has 1 aromatic carbocycles. The van der Waals surface area contributed by atoms with Gasteiger partial charge >= 0.3 is 5.97 Å². The highest BCUT2D eigenvalue weighted by Crippen LogP contribution is 2.34. The molecule has 0 aromatic heterocycles. The van der Waals surface area contributed by atoms with Crippen LogP contribution < -0.4 is 5.32 Å². The summed E-state index contributed by atoms with van der Waals surface area (Å²) in [6, 6.07) is 7.65. The molecule has 0 radical (unpaired) electrons. The first kappa shape index (κ1) is 16.1. The summed E-state index contributed by atoms with van der Waals surface area (Å²) in [5.41, 5.74) is 2.61. The molecule has 1 amide bonds. The van der Waals surface area contributed by atoms with Gasteiger partial charge in [0.1, 0.15) is 6.04 Å². The van der Waals surface area contributed by atoms with Crippen molar-refractivity contribution < 1.29 is 14.3 Å². The monoisotopic (exact) mass is 299 g/mol. The molecule has 0 bridgehead atoms. The van der Waals surface area contributed by atoms with Gasteiger partial charge in [-0.05, 0) is 55.6 Å². The fourth-order valence-electron chi connectivity index (χ4n) is 3.05.